The average Bonchev–Trinajstić information content (AvgIpc) is 2.61. The van der Waals surface area contributed by atoms with Crippen LogP contribution >= 0.6 is 11.8 Å². The van der Waals surface area contributed by atoms with E-state index < -0.39 is 0 Å². The summed E-state index contributed by atoms with van der Waals surface area (Å²) >= 11 is 1.39. The fraction of sp³-hybridized carbons (Fsp3) is 0.389. The average molecular weight is 361 g/mol. The minimum absolute atomic E-state index is 0.0809. The molecule has 134 valence electrons. The maximum absolute atomic E-state index is 12.0. The summed E-state index contributed by atoms with van der Waals surface area (Å²) in [5.41, 5.74) is 2.13. The van der Waals surface area contributed by atoms with Crippen LogP contribution in [0.2, 0.25) is 0 Å². The highest BCUT2D eigenvalue weighted by Gasteiger charge is 2.10. The quantitative estimate of drug-likeness (QED) is 0.556. The molecule has 2 rings (SSSR count). The van der Waals surface area contributed by atoms with Crippen molar-refractivity contribution in [3.05, 3.63) is 51.4 Å². The zero-order valence-electron chi connectivity index (χ0n) is 14.7. The van der Waals surface area contributed by atoms with E-state index in [0.717, 1.165) is 11.3 Å². The molecule has 0 aliphatic rings. The molecule has 0 saturated heterocycles. The van der Waals surface area contributed by atoms with Crippen LogP contribution in [-0.2, 0) is 17.6 Å². The molecule has 1 heterocycles. The number of carbonyl (C=O) groups is 1. The smallest absolute Gasteiger partial charge is 0.254 e. The summed E-state index contributed by atoms with van der Waals surface area (Å²) in [6.07, 6.45) is 3.19. The zero-order chi connectivity index (χ0) is 18.2. The van der Waals surface area contributed by atoms with Crippen LogP contribution in [0.25, 0.3) is 0 Å². The molecule has 0 saturated carbocycles. The Balaban J connectivity index is 1.84. The molecule has 1 aromatic carbocycles. The fourth-order valence-electron chi connectivity index (χ4n) is 2.55. The van der Waals surface area contributed by atoms with Gasteiger partial charge >= 0.3 is 0 Å². The van der Waals surface area contributed by atoms with Gasteiger partial charge in [-0.05, 0) is 37.7 Å². The Morgan fingerprint density at radius 3 is 2.76 bits per heavy atom. The van der Waals surface area contributed by atoms with Gasteiger partial charge in [0.1, 0.15) is 5.75 Å². The summed E-state index contributed by atoms with van der Waals surface area (Å²) in [5.74, 6) is 0.738. The highest BCUT2D eigenvalue weighted by atomic mass is 32.2. The lowest BCUT2D eigenvalue weighted by atomic mass is 10.1. The third-order valence-electron chi connectivity index (χ3n) is 3.90. The number of aryl methyl sites for hydroxylation is 1. The summed E-state index contributed by atoms with van der Waals surface area (Å²) < 4.78 is 5.29. The third-order valence-corrected chi connectivity index (χ3v) is 4.49. The molecule has 0 spiro atoms. The lowest BCUT2D eigenvalue weighted by molar-refractivity contribution is -0.121. The Morgan fingerprint density at radius 1 is 1.32 bits per heavy atom. The molecule has 2 N–H and O–H groups in total. The van der Waals surface area contributed by atoms with E-state index in [1.54, 1.807) is 14.0 Å². The lowest BCUT2D eigenvalue weighted by Gasteiger charge is -2.09. The van der Waals surface area contributed by atoms with Gasteiger partial charge in [-0.25, -0.2) is 4.98 Å². The molecule has 1 aromatic heterocycles. The number of carbonyl (C=O) groups excluding carboxylic acids is 1. The zero-order valence-corrected chi connectivity index (χ0v) is 15.5. The number of nitrogens with zero attached hydrogens (tertiary/aromatic N) is 1. The third kappa shape index (κ3) is 5.35. The van der Waals surface area contributed by atoms with Crippen LogP contribution in [-0.4, -0.2) is 35.8 Å². The van der Waals surface area contributed by atoms with Gasteiger partial charge in [0.2, 0.25) is 5.91 Å². The van der Waals surface area contributed by atoms with E-state index >= 15 is 0 Å². The van der Waals surface area contributed by atoms with Gasteiger partial charge in [-0.15, -0.1) is 0 Å². The Kier molecular flexibility index (Phi) is 7.06. The van der Waals surface area contributed by atoms with Crippen molar-refractivity contribution in [3.8, 4) is 5.75 Å². The molecule has 0 bridgehead atoms. The van der Waals surface area contributed by atoms with Gasteiger partial charge in [0, 0.05) is 24.2 Å². The van der Waals surface area contributed by atoms with E-state index in [1.807, 2.05) is 30.5 Å². The van der Waals surface area contributed by atoms with Crippen LogP contribution in [0.1, 0.15) is 23.2 Å². The van der Waals surface area contributed by atoms with Crippen molar-refractivity contribution in [1.82, 2.24) is 15.3 Å². The van der Waals surface area contributed by atoms with Crippen LogP contribution in [0.3, 0.4) is 0 Å². The number of hydrogen-bond acceptors (Lipinski definition) is 5. The first kappa shape index (κ1) is 19.1. The highest BCUT2D eigenvalue weighted by Crippen LogP contribution is 2.17. The minimum Gasteiger partial charge on any atom is -0.496 e. The SMILES string of the molecule is COc1ccccc1CCNC(=O)CCc1c(C)nc(SC)[nH]c1=O. The summed E-state index contributed by atoms with van der Waals surface area (Å²) in [6.45, 7) is 2.32. The predicted octanol–water partition coefficient (Wildman–Crippen LogP) is 2.10. The number of ether oxygens (including phenoxy) is 1. The van der Waals surface area contributed by atoms with E-state index in [0.29, 0.717) is 35.8 Å². The van der Waals surface area contributed by atoms with E-state index in [2.05, 4.69) is 15.3 Å². The lowest BCUT2D eigenvalue weighted by Crippen LogP contribution is -2.27. The molecule has 2 aromatic rings. The molecule has 0 atom stereocenters. The maximum atomic E-state index is 12.0. The van der Waals surface area contributed by atoms with E-state index in [9.17, 15) is 9.59 Å². The van der Waals surface area contributed by atoms with Gasteiger partial charge in [-0.2, -0.15) is 0 Å². The second-order valence-corrected chi connectivity index (χ2v) is 6.35. The first-order chi connectivity index (χ1) is 12.0. The molecule has 25 heavy (non-hydrogen) atoms. The Bertz CT molecular complexity index is 789. The highest BCUT2D eigenvalue weighted by molar-refractivity contribution is 7.98. The predicted molar refractivity (Wildman–Crippen MR) is 99.4 cm³/mol. The molecule has 1 amide bonds. The van der Waals surface area contributed by atoms with E-state index in [4.69, 9.17) is 4.74 Å². The number of H-pyrrole nitrogens is 1. The van der Waals surface area contributed by atoms with Crippen molar-refractivity contribution in [1.29, 1.82) is 0 Å². The number of amides is 1. The summed E-state index contributed by atoms with van der Waals surface area (Å²) in [6, 6.07) is 7.74. The molecule has 7 heteroatoms. The van der Waals surface area contributed by atoms with E-state index in [1.165, 1.54) is 11.8 Å². The second-order valence-electron chi connectivity index (χ2n) is 5.55. The molecule has 0 unspecified atom stereocenters. The summed E-state index contributed by atoms with van der Waals surface area (Å²) in [5, 5.41) is 3.47. The van der Waals surface area contributed by atoms with Crippen LogP contribution in [0.4, 0.5) is 0 Å². The Hall–Kier alpha value is -2.28. The van der Waals surface area contributed by atoms with Crippen molar-refractivity contribution in [3.63, 3.8) is 0 Å². The first-order valence-corrected chi connectivity index (χ1v) is 9.30. The van der Waals surface area contributed by atoms with Gasteiger partial charge in [-0.1, -0.05) is 30.0 Å². The number of aromatic amines is 1. The first-order valence-electron chi connectivity index (χ1n) is 8.07. The number of aromatic nitrogens is 2. The van der Waals surface area contributed by atoms with Gasteiger partial charge < -0.3 is 15.0 Å². The largest absolute Gasteiger partial charge is 0.496 e. The Morgan fingerprint density at radius 2 is 2.08 bits per heavy atom. The van der Waals surface area contributed by atoms with Crippen molar-refractivity contribution in [2.24, 2.45) is 0 Å². The number of para-hydroxylation sites is 1. The van der Waals surface area contributed by atoms with Gasteiger partial charge in [0.25, 0.3) is 5.56 Å². The molecule has 0 aliphatic heterocycles. The minimum atomic E-state index is -0.168. The molecule has 0 fully saturated rings. The van der Waals surface area contributed by atoms with Crippen molar-refractivity contribution in [2.75, 3.05) is 19.9 Å². The molecule has 6 nitrogen and oxygen atoms in total. The van der Waals surface area contributed by atoms with E-state index in [-0.39, 0.29) is 17.9 Å². The topological polar surface area (TPSA) is 84.1 Å². The normalized spacial score (nSPS) is 10.5. The van der Waals surface area contributed by atoms with Crippen molar-refractivity contribution >= 4 is 17.7 Å². The molecular formula is C18H23N3O3S. The van der Waals surface area contributed by atoms with Crippen LogP contribution in [0, 0.1) is 6.92 Å². The number of thioether (sulfide) groups is 1. The van der Waals surface area contributed by atoms with Gasteiger partial charge in [0.15, 0.2) is 5.16 Å². The fourth-order valence-corrected chi connectivity index (χ4v) is 2.97. The second kappa shape index (κ2) is 9.27. The monoisotopic (exact) mass is 361 g/mol. The molecule has 0 aliphatic carbocycles. The van der Waals surface area contributed by atoms with Crippen LogP contribution in [0.5, 0.6) is 5.75 Å². The van der Waals surface area contributed by atoms with Crippen molar-refractivity contribution in [2.45, 2.75) is 31.3 Å². The van der Waals surface area contributed by atoms with Gasteiger partial charge in [-0.3, -0.25) is 9.59 Å². The number of benzene rings is 1. The van der Waals surface area contributed by atoms with Gasteiger partial charge in [0.05, 0.1) is 7.11 Å². The maximum Gasteiger partial charge on any atom is 0.254 e. The van der Waals surface area contributed by atoms with Crippen LogP contribution in [0.15, 0.2) is 34.2 Å². The number of nitrogens with one attached hydrogen (secondary N) is 2. The summed E-state index contributed by atoms with van der Waals surface area (Å²) in [7, 11) is 1.63. The Labute approximate surface area is 151 Å². The van der Waals surface area contributed by atoms with Crippen LogP contribution < -0.4 is 15.6 Å². The number of hydrogen-bond donors (Lipinski definition) is 2. The number of methoxy groups -OCH3 is 1. The van der Waals surface area contributed by atoms with Crippen molar-refractivity contribution < 1.29 is 9.53 Å². The number of rotatable bonds is 8. The standard InChI is InChI=1S/C18H23N3O3S/c1-12-14(17(23)21-18(20-12)25-3)8-9-16(22)19-11-10-13-6-4-5-7-15(13)24-2/h4-7H,8-11H2,1-3H3,(H,19,22)(H,20,21,23). The molecule has 0 radical (unpaired) electrons. The summed E-state index contributed by atoms with van der Waals surface area (Å²) in [4.78, 5) is 31.1. The molecular weight excluding hydrogens is 338 g/mol.